The van der Waals surface area contributed by atoms with E-state index < -0.39 is 11.1 Å². The van der Waals surface area contributed by atoms with Crippen LogP contribution in [0.5, 0.6) is 5.75 Å². The molecular weight excluding hydrogens is 572 g/mol. The summed E-state index contributed by atoms with van der Waals surface area (Å²) in [7, 11) is 0. The van der Waals surface area contributed by atoms with Crippen LogP contribution in [0.15, 0.2) is 72.8 Å². The Morgan fingerprint density at radius 1 is 1.07 bits per heavy atom. The van der Waals surface area contributed by atoms with E-state index in [1.807, 2.05) is 24.3 Å². The first-order valence-corrected chi connectivity index (χ1v) is 15.1. The second kappa shape index (κ2) is 24.7. The third-order valence-corrected chi connectivity index (χ3v) is 6.51. The summed E-state index contributed by atoms with van der Waals surface area (Å²) in [5, 5.41) is 12.1. The molecule has 2 aromatic rings. The lowest BCUT2D eigenvalue weighted by atomic mass is 10.1. The quantitative estimate of drug-likeness (QED) is 0.0511. The Hall–Kier alpha value is -3.85. The Balaban J connectivity index is 0.000000355. The highest BCUT2D eigenvalue weighted by Gasteiger charge is 2.10. The van der Waals surface area contributed by atoms with E-state index in [9.17, 15) is 19.7 Å². The molecule has 43 heavy (non-hydrogen) atoms. The minimum Gasteiger partial charge on any atom is -0.493 e. The van der Waals surface area contributed by atoms with Gasteiger partial charge in [-0.2, -0.15) is 0 Å². The monoisotopic (exact) mass is 616 g/mol. The van der Waals surface area contributed by atoms with Gasteiger partial charge in [0, 0.05) is 5.02 Å². The number of esters is 1. The van der Waals surface area contributed by atoms with E-state index in [0.717, 1.165) is 29.7 Å². The van der Waals surface area contributed by atoms with Crippen molar-refractivity contribution in [2.75, 3.05) is 13.2 Å². The molecular formula is C33H45ClN2O7. The van der Waals surface area contributed by atoms with Gasteiger partial charge in [-0.05, 0) is 67.9 Å². The van der Waals surface area contributed by atoms with Crippen LogP contribution < -0.4 is 10.1 Å². The minimum absolute atomic E-state index is 0.0450. The molecule has 0 heterocycles. The Morgan fingerprint density at radius 3 is 2.42 bits per heavy atom. The lowest BCUT2D eigenvalue weighted by Crippen LogP contribution is -2.23. The number of hydrogen-bond acceptors (Lipinski definition) is 7. The molecule has 236 valence electrons. The van der Waals surface area contributed by atoms with Crippen molar-refractivity contribution in [3.05, 3.63) is 99.1 Å². The number of rotatable bonds is 16. The van der Waals surface area contributed by atoms with Gasteiger partial charge in [0.2, 0.25) is 6.41 Å². The largest absolute Gasteiger partial charge is 0.493 e. The molecule has 1 N–H and O–H groups in total. The summed E-state index contributed by atoms with van der Waals surface area (Å²) in [6, 6.07) is 14.3. The normalized spacial score (nSPS) is 12.5. The van der Waals surface area contributed by atoms with E-state index in [-0.39, 0.29) is 19.8 Å². The number of unbranched alkanes of at least 4 members (excludes halogenated alkanes) is 2. The zero-order valence-corrected chi connectivity index (χ0v) is 26.0. The summed E-state index contributed by atoms with van der Waals surface area (Å²) in [5.74, 6) is 1.07. The first-order valence-electron chi connectivity index (χ1n) is 14.7. The van der Waals surface area contributed by atoms with E-state index in [2.05, 4.69) is 48.3 Å². The third kappa shape index (κ3) is 19.8. The fourth-order valence-electron chi connectivity index (χ4n) is 4.02. The predicted molar refractivity (Wildman–Crippen MR) is 169 cm³/mol. The van der Waals surface area contributed by atoms with E-state index in [0.29, 0.717) is 17.5 Å². The molecule has 0 bridgehead atoms. The maximum Gasteiger partial charge on any atom is 0.325 e. The maximum absolute atomic E-state index is 11.2. The van der Waals surface area contributed by atoms with Crippen LogP contribution in [0, 0.1) is 16.0 Å². The van der Waals surface area contributed by atoms with Crippen LogP contribution in [0.1, 0.15) is 76.3 Å². The smallest absolute Gasteiger partial charge is 0.325 e. The van der Waals surface area contributed by atoms with Crippen molar-refractivity contribution in [3.8, 4) is 5.75 Å². The van der Waals surface area contributed by atoms with Crippen molar-refractivity contribution in [1.82, 2.24) is 5.32 Å². The Kier molecular flexibility index (Phi) is 21.4. The molecule has 0 aromatic heterocycles. The Bertz CT molecular complexity index is 1120. The molecule has 0 aliphatic heterocycles. The van der Waals surface area contributed by atoms with Gasteiger partial charge in [0.1, 0.15) is 25.5 Å². The average molecular weight is 617 g/mol. The second-order valence-corrected chi connectivity index (χ2v) is 10.1. The van der Waals surface area contributed by atoms with Crippen LogP contribution in [0.2, 0.25) is 5.02 Å². The summed E-state index contributed by atoms with van der Waals surface area (Å²) >= 11 is 5.88. The highest BCUT2D eigenvalue weighted by atomic mass is 35.5. The minimum atomic E-state index is -0.892. The molecule has 0 unspecified atom stereocenters. The Labute approximate surface area is 260 Å². The molecule has 0 radical (unpaired) electrons. The van der Waals surface area contributed by atoms with Crippen LogP contribution in [-0.2, 0) is 32.4 Å². The summed E-state index contributed by atoms with van der Waals surface area (Å²) < 4.78 is 10.5. The van der Waals surface area contributed by atoms with Gasteiger partial charge in [-0.15, -0.1) is 10.1 Å². The van der Waals surface area contributed by atoms with Crippen LogP contribution in [-0.4, -0.2) is 30.6 Å². The number of benzene rings is 2. The van der Waals surface area contributed by atoms with Crippen molar-refractivity contribution in [1.29, 1.82) is 0 Å². The van der Waals surface area contributed by atoms with Crippen molar-refractivity contribution in [2.45, 2.75) is 78.4 Å². The van der Waals surface area contributed by atoms with Gasteiger partial charge in [0.05, 0.1) is 6.61 Å². The molecule has 9 nitrogen and oxygen atoms in total. The van der Waals surface area contributed by atoms with E-state index >= 15 is 0 Å². The first-order chi connectivity index (χ1) is 20.9. The van der Waals surface area contributed by atoms with Crippen LogP contribution >= 0.6 is 11.6 Å². The highest BCUT2D eigenvalue weighted by Crippen LogP contribution is 2.25. The van der Waals surface area contributed by atoms with Crippen LogP contribution in [0.3, 0.4) is 0 Å². The number of allylic oxidation sites excluding steroid dienone is 3. The molecule has 2 aromatic carbocycles. The van der Waals surface area contributed by atoms with Gasteiger partial charge in [-0.3, -0.25) is 9.59 Å². The van der Waals surface area contributed by atoms with Crippen molar-refractivity contribution >= 4 is 24.0 Å². The van der Waals surface area contributed by atoms with E-state index in [4.69, 9.17) is 21.1 Å². The highest BCUT2D eigenvalue weighted by molar-refractivity contribution is 6.30. The number of halogens is 1. The number of carbonyl (C=O) groups is 2. The van der Waals surface area contributed by atoms with Gasteiger partial charge in [-0.25, -0.2) is 0 Å². The van der Waals surface area contributed by atoms with E-state index in [1.54, 1.807) is 24.3 Å². The number of nitrogens with one attached hydrogen (secondary N) is 1. The number of hydrogen-bond donors (Lipinski definition) is 1. The number of carbonyl (C=O) groups excluding carboxylic acids is 2. The molecule has 1 fully saturated rings. The lowest BCUT2D eigenvalue weighted by molar-refractivity contribution is -0.763. The topological polar surface area (TPSA) is 117 Å². The van der Waals surface area contributed by atoms with Gasteiger partial charge in [0.25, 0.3) is 5.09 Å². The SMILES string of the molecule is C/C=C\CCCC.Clc1cccc(OCC/C=C/C2CCCC2)c1.O=CNCC(=O)OCc1ccccc1CO[N+](=O)[O-]. The molecule has 3 rings (SSSR count). The number of nitrogens with zero attached hydrogens (tertiary/aromatic N) is 1. The summed E-state index contributed by atoms with van der Waals surface area (Å²) in [6.45, 7) is 4.52. The summed E-state index contributed by atoms with van der Waals surface area (Å²) in [4.78, 5) is 35.5. The van der Waals surface area contributed by atoms with Crippen LogP contribution in [0.25, 0.3) is 0 Å². The predicted octanol–water partition coefficient (Wildman–Crippen LogP) is 7.79. The molecule has 1 aliphatic carbocycles. The zero-order valence-electron chi connectivity index (χ0n) is 25.3. The second-order valence-electron chi connectivity index (χ2n) is 9.70. The molecule has 1 aliphatic rings. The maximum atomic E-state index is 11.2. The zero-order chi connectivity index (χ0) is 31.5. The number of ether oxygens (including phenoxy) is 2. The fourth-order valence-corrected chi connectivity index (χ4v) is 4.20. The number of amides is 1. The van der Waals surface area contributed by atoms with Gasteiger partial charge < -0.3 is 19.6 Å². The third-order valence-electron chi connectivity index (χ3n) is 6.28. The standard InChI is InChI=1S/C15H19ClO.C11H12N2O6.C7H14/c16-14-9-5-10-15(12-14)17-11-4-3-8-13-6-1-2-7-13;14-8-12-5-11(15)18-6-9-3-1-2-4-10(9)7-19-13(16)17;1-3-5-7-6-4-2/h3,5,8-10,12-13H,1-2,4,6-7,11H2;1-4,8H,5-7H2,(H,12,14);3,5H,4,6-7H2,1-2H3/b8-3+;;5-3-. The molecule has 0 atom stereocenters. The van der Waals surface area contributed by atoms with Gasteiger partial charge >= 0.3 is 5.97 Å². The molecule has 10 heteroatoms. The molecule has 1 amide bonds. The van der Waals surface area contributed by atoms with Gasteiger partial charge in [-0.1, -0.05) is 98.8 Å². The lowest BCUT2D eigenvalue weighted by Gasteiger charge is -2.09. The molecule has 0 spiro atoms. The van der Waals surface area contributed by atoms with Crippen molar-refractivity contribution in [2.24, 2.45) is 5.92 Å². The molecule has 0 saturated heterocycles. The molecule has 1 saturated carbocycles. The fraction of sp³-hybridized carbons (Fsp3) is 0.455. The van der Waals surface area contributed by atoms with Crippen molar-refractivity contribution < 1.29 is 29.0 Å². The van der Waals surface area contributed by atoms with Crippen molar-refractivity contribution in [3.63, 3.8) is 0 Å². The van der Waals surface area contributed by atoms with E-state index in [1.165, 1.54) is 44.9 Å². The average Bonchev–Trinajstić information content (AvgIpc) is 3.53. The van der Waals surface area contributed by atoms with Gasteiger partial charge in [0.15, 0.2) is 0 Å². The Morgan fingerprint density at radius 2 is 1.79 bits per heavy atom. The summed E-state index contributed by atoms with van der Waals surface area (Å²) in [5.41, 5.74) is 1.15. The first kappa shape index (κ1) is 37.2. The van der Waals surface area contributed by atoms with Crippen LogP contribution in [0.4, 0.5) is 0 Å². The summed E-state index contributed by atoms with van der Waals surface area (Å²) in [6.07, 6.45) is 19.7.